The lowest BCUT2D eigenvalue weighted by molar-refractivity contribution is 0.0130. The Bertz CT molecular complexity index is 873. The van der Waals surface area contributed by atoms with E-state index < -0.39 is 11.4 Å². The van der Waals surface area contributed by atoms with Gasteiger partial charge >= 0.3 is 6.09 Å². The van der Waals surface area contributed by atoms with E-state index in [9.17, 15) is 9.18 Å². The van der Waals surface area contributed by atoms with Crippen LogP contribution in [0.5, 0.6) is 0 Å². The van der Waals surface area contributed by atoms with E-state index >= 15 is 0 Å². The topological polar surface area (TPSA) is 71.5 Å². The van der Waals surface area contributed by atoms with Crippen molar-refractivity contribution < 1.29 is 13.9 Å². The summed E-state index contributed by atoms with van der Waals surface area (Å²) in [5.41, 5.74) is -0.419. The Labute approximate surface area is 162 Å². The summed E-state index contributed by atoms with van der Waals surface area (Å²) in [4.78, 5) is 28.5. The number of pyridine rings is 1. The second kappa shape index (κ2) is 7.07. The molecule has 7 nitrogen and oxygen atoms in total. The minimum absolute atomic E-state index is 0.0504. The van der Waals surface area contributed by atoms with E-state index in [2.05, 4.69) is 15.0 Å². The van der Waals surface area contributed by atoms with Crippen molar-refractivity contribution in [1.82, 2.24) is 19.9 Å². The van der Waals surface area contributed by atoms with E-state index in [1.54, 1.807) is 4.90 Å². The first-order valence-electron chi connectivity index (χ1n) is 8.79. The number of ether oxygens (including phenoxy) is 1. The van der Waals surface area contributed by atoms with Crippen LogP contribution in [0, 0.1) is 5.82 Å². The molecule has 0 unspecified atom stereocenters. The zero-order valence-electron chi connectivity index (χ0n) is 16.0. The van der Waals surface area contributed by atoms with Gasteiger partial charge < -0.3 is 14.5 Å². The van der Waals surface area contributed by atoms with Crippen molar-refractivity contribution in [1.29, 1.82) is 0 Å². The third-order valence-corrected chi connectivity index (χ3v) is 4.71. The van der Waals surface area contributed by atoms with Crippen molar-refractivity contribution in [3.63, 3.8) is 0 Å². The number of aromatic nitrogens is 3. The molecule has 2 aromatic rings. The maximum absolute atomic E-state index is 14.3. The van der Waals surface area contributed by atoms with Crippen LogP contribution in [0.1, 0.15) is 34.6 Å². The Morgan fingerprint density at radius 1 is 1.22 bits per heavy atom. The zero-order chi connectivity index (χ0) is 19.9. The number of hydrogen-bond donors (Lipinski definition) is 0. The molecule has 0 aliphatic carbocycles. The van der Waals surface area contributed by atoms with Crippen molar-refractivity contribution in [2.24, 2.45) is 0 Å². The van der Waals surface area contributed by atoms with Crippen LogP contribution in [0.25, 0.3) is 10.9 Å². The number of fused-ring (bicyclic) bond motifs is 1. The van der Waals surface area contributed by atoms with Crippen LogP contribution in [0.3, 0.4) is 0 Å². The highest BCUT2D eigenvalue weighted by Crippen LogP contribution is 2.30. The van der Waals surface area contributed by atoms with Gasteiger partial charge in [0.1, 0.15) is 23.3 Å². The average Bonchev–Trinajstić information content (AvgIpc) is 2.58. The summed E-state index contributed by atoms with van der Waals surface area (Å²) < 4.78 is 19.8. The number of carbonyl (C=O) groups excluding carboxylic acids is 1. The molecule has 3 rings (SSSR count). The second-order valence-electron chi connectivity index (χ2n) is 7.81. The second-order valence-corrected chi connectivity index (χ2v) is 8.16. The molecule has 146 valence electrons. The first-order valence-corrected chi connectivity index (χ1v) is 9.17. The number of nitrogens with zero attached hydrogens (tertiary/aromatic N) is 5. The normalized spacial score (nSPS) is 20.9. The fourth-order valence-corrected chi connectivity index (χ4v) is 3.32. The summed E-state index contributed by atoms with van der Waals surface area (Å²) in [6, 6.07) is -0.156. The number of carbonyl (C=O) groups is 1. The molecular formula is C18H23ClFN5O2. The fraction of sp³-hybridized carbons (Fsp3) is 0.556. The molecule has 1 amide bonds. The van der Waals surface area contributed by atoms with Gasteiger partial charge in [-0.05, 0) is 34.6 Å². The molecule has 2 aromatic heterocycles. The van der Waals surface area contributed by atoms with Crippen molar-refractivity contribution in [3.8, 4) is 0 Å². The molecule has 0 saturated carbocycles. The molecule has 1 aliphatic heterocycles. The number of hydrogen-bond acceptors (Lipinski definition) is 6. The highest BCUT2D eigenvalue weighted by atomic mass is 35.5. The monoisotopic (exact) mass is 395 g/mol. The standard InChI is InChI=1S/C18H23ClFN5O2/c1-10-8-25(17(26)27-18(3,4)5)11(2)7-24(10)16-12-6-21-15(19)13(20)14(12)22-9-23-16/h6,9-11H,7-8H2,1-5H3/t10-,11+/m0/s1. The number of anilines is 1. The van der Waals surface area contributed by atoms with Crippen molar-refractivity contribution in [3.05, 3.63) is 23.5 Å². The van der Waals surface area contributed by atoms with Crippen molar-refractivity contribution in [2.45, 2.75) is 52.3 Å². The number of rotatable bonds is 1. The fourth-order valence-electron chi connectivity index (χ4n) is 3.18. The molecule has 0 radical (unpaired) electrons. The van der Waals surface area contributed by atoms with Crippen LogP contribution in [-0.4, -0.2) is 56.7 Å². The summed E-state index contributed by atoms with van der Waals surface area (Å²) in [6.45, 7) is 10.4. The third kappa shape index (κ3) is 3.90. The Kier molecular flexibility index (Phi) is 5.12. The maximum Gasteiger partial charge on any atom is 0.410 e. The van der Waals surface area contributed by atoms with Gasteiger partial charge in [0.2, 0.25) is 0 Å². The van der Waals surface area contributed by atoms with E-state index in [1.165, 1.54) is 12.5 Å². The lowest BCUT2D eigenvalue weighted by Gasteiger charge is -2.44. The maximum atomic E-state index is 14.3. The molecule has 1 aliphatic rings. The van der Waals surface area contributed by atoms with Crippen molar-refractivity contribution in [2.75, 3.05) is 18.0 Å². The van der Waals surface area contributed by atoms with Gasteiger partial charge in [-0.1, -0.05) is 11.6 Å². The van der Waals surface area contributed by atoms with E-state index in [0.717, 1.165) is 0 Å². The van der Waals surface area contributed by atoms with Crippen LogP contribution < -0.4 is 4.90 Å². The molecule has 0 spiro atoms. The number of amides is 1. The van der Waals surface area contributed by atoms with E-state index in [1.807, 2.05) is 39.5 Å². The van der Waals surface area contributed by atoms with Gasteiger partial charge in [0, 0.05) is 31.4 Å². The van der Waals surface area contributed by atoms with Gasteiger partial charge in [0.05, 0.1) is 5.39 Å². The van der Waals surface area contributed by atoms with Crippen LogP contribution in [0.4, 0.5) is 15.0 Å². The Balaban J connectivity index is 1.89. The van der Waals surface area contributed by atoms with Crippen LogP contribution >= 0.6 is 11.6 Å². The summed E-state index contributed by atoms with van der Waals surface area (Å²) in [5.74, 6) is -0.0860. The van der Waals surface area contributed by atoms with Crippen LogP contribution in [0.15, 0.2) is 12.5 Å². The first-order chi connectivity index (χ1) is 12.6. The summed E-state index contributed by atoms with van der Waals surface area (Å²) >= 11 is 5.77. The largest absolute Gasteiger partial charge is 0.444 e. The Morgan fingerprint density at radius 2 is 1.93 bits per heavy atom. The number of piperazine rings is 1. The molecule has 9 heteroatoms. The predicted octanol–water partition coefficient (Wildman–Crippen LogP) is 3.65. The highest BCUT2D eigenvalue weighted by Gasteiger charge is 2.35. The van der Waals surface area contributed by atoms with Gasteiger partial charge in [0.25, 0.3) is 0 Å². The molecule has 3 heterocycles. The quantitative estimate of drug-likeness (QED) is 0.686. The van der Waals surface area contributed by atoms with Crippen LogP contribution in [0.2, 0.25) is 5.15 Å². The minimum atomic E-state index is -0.661. The number of halogens is 2. The average molecular weight is 396 g/mol. The summed E-state index contributed by atoms with van der Waals surface area (Å²) in [6.07, 6.45) is 2.45. The molecule has 0 N–H and O–H groups in total. The molecule has 2 atom stereocenters. The Morgan fingerprint density at radius 3 is 2.59 bits per heavy atom. The van der Waals surface area contributed by atoms with Gasteiger partial charge in [-0.3, -0.25) is 0 Å². The SMILES string of the molecule is C[C@@H]1CN(c2ncnc3c(F)c(Cl)ncc23)[C@@H](C)CN1C(=O)OC(C)(C)C. The zero-order valence-corrected chi connectivity index (χ0v) is 16.8. The summed E-state index contributed by atoms with van der Waals surface area (Å²) in [7, 11) is 0. The minimum Gasteiger partial charge on any atom is -0.444 e. The van der Waals surface area contributed by atoms with Gasteiger partial charge in [-0.15, -0.1) is 0 Å². The van der Waals surface area contributed by atoms with Gasteiger partial charge in [-0.25, -0.2) is 24.1 Å². The first kappa shape index (κ1) is 19.5. The predicted molar refractivity (Wildman–Crippen MR) is 102 cm³/mol. The molecule has 1 saturated heterocycles. The smallest absolute Gasteiger partial charge is 0.410 e. The molecule has 0 bridgehead atoms. The van der Waals surface area contributed by atoms with Crippen molar-refractivity contribution >= 4 is 34.4 Å². The Hall–Kier alpha value is -2.22. The van der Waals surface area contributed by atoms with E-state index in [-0.39, 0.29) is 28.8 Å². The lowest BCUT2D eigenvalue weighted by Crippen LogP contribution is -2.59. The van der Waals surface area contributed by atoms with Gasteiger partial charge in [0.15, 0.2) is 11.0 Å². The lowest BCUT2D eigenvalue weighted by atomic mass is 10.1. The summed E-state index contributed by atoms with van der Waals surface area (Å²) in [5, 5.41) is 0.271. The van der Waals surface area contributed by atoms with E-state index in [0.29, 0.717) is 24.3 Å². The molecule has 0 aromatic carbocycles. The molecule has 1 fully saturated rings. The van der Waals surface area contributed by atoms with Gasteiger partial charge in [-0.2, -0.15) is 0 Å². The highest BCUT2D eigenvalue weighted by molar-refractivity contribution is 6.30. The third-order valence-electron chi connectivity index (χ3n) is 4.44. The van der Waals surface area contributed by atoms with E-state index in [4.69, 9.17) is 16.3 Å². The molecule has 27 heavy (non-hydrogen) atoms. The molecular weight excluding hydrogens is 373 g/mol. The van der Waals surface area contributed by atoms with Crippen LogP contribution in [-0.2, 0) is 4.74 Å².